The lowest BCUT2D eigenvalue weighted by atomic mass is 9.95. The third-order valence-corrected chi connectivity index (χ3v) is 4.76. The highest BCUT2D eigenvalue weighted by Crippen LogP contribution is 2.42. The predicted molar refractivity (Wildman–Crippen MR) is 87.9 cm³/mol. The van der Waals surface area contributed by atoms with E-state index in [-0.39, 0.29) is 12.4 Å². The minimum Gasteiger partial charge on any atom is -0.362 e. The van der Waals surface area contributed by atoms with E-state index in [1.165, 1.54) is 16.7 Å². The maximum absolute atomic E-state index is 6.45. The summed E-state index contributed by atoms with van der Waals surface area (Å²) in [5.41, 5.74) is 3.81. The Kier molecular flexibility index (Phi) is 5.42. The zero-order valence-corrected chi connectivity index (χ0v) is 14.4. The third-order valence-electron chi connectivity index (χ3n) is 4.02. The van der Waals surface area contributed by atoms with Crippen molar-refractivity contribution in [1.82, 2.24) is 9.32 Å². The smallest absolute Gasteiger partial charge is 0.146 e. The van der Waals surface area contributed by atoms with E-state index in [0.717, 1.165) is 12.8 Å². The van der Waals surface area contributed by atoms with Crippen molar-refractivity contribution in [3.63, 3.8) is 0 Å². The van der Waals surface area contributed by atoms with Gasteiger partial charge in [0.15, 0.2) is 0 Å². The van der Waals surface area contributed by atoms with Gasteiger partial charge in [-0.25, -0.2) is 4.42 Å². The quantitative estimate of drug-likeness (QED) is 0.579. The topological polar surface area (TPSA) is 15.7 Å². The number of halogens is 2. The van der Waals surface area contributed by atoms with Crippen molar-refractivity contribution in [2.24, 2.45) is 0 Å². The van der Waals surface area contributed by atoms with Gasteiger partial charge in [-0.15, -0.1) is 0 Å². The molecule has 1 heterocycles. The van der Waals surface area contributed by atoms with Crippen molar-refractivity contribution in [1.29, 1.82) is 0 Å². The molecular formula is C16H22Cl2N2O. The summed E-state index contributed by atoms with van der Waals surface area (Å²) in [6, 6.07) is 6.41. The van der Waals surface area contributed by atoms with Gasteiger partial charge in [-0.2, -0.15) is 0 Å². The van der Waals surface area contributed by atoms with Gasteiger partial charge in [0, 0.05) is 30.6 Å². The molecule has 0 N–H and O–H groups in total. The summed E-state index contributed by atoms with van der Waals surface area (Å²) in [6.45, 7) is 6.31. The number of hydrogen-bond donors (Lipinski definition) is 0. The number of aryl methyl sites for hydroxylation is 2. The van der Waals surface area contributed by atoms with Gasteiger partial charge in [0.05, 0.1) is 0 Å². The van der Waals surface area contributed by atoms with E-state index >= 15 is 0 Å². The van der Waals surface area contributed by atoms with E-state index in [1.807, 2.05) is 13.1 Å². The molecule has 0 saturated carbocycles. The summed E-state index contributed by atoms with van der Waals surface area (Å²) in [7, 11) is 1.69. The van der Waals surface area contributed by atoms with E-state index < -0.39 is 0 Å². The summed E-state index contributed by atoms with van der Waals surface area (Å²) in [5, 5.41) is 0.513. The van der Waals surface area contributed by atoms with Crippen LogP contribution in [0.15, 0.2) is 29.6 Å². The summed E-state index contributed by atoms with van der Waals surface area (Å²) >= 11 is 12.7. The minimum absolute atomic E-state index is 0.109. The van der Waals surface area contributed by atoms with Crippen LogP contribution < -0.4 is 0 Å². The largest absolute Gasteiger partial charge is 0.362 e. The zero-order valence-electron chi connectivity index (χ0n) is 12.9. The number of methoxy groups -OCH3 is 1. The van der Waals surface area contributed by atoms with Crippen LogP contribution in [0.5, 0.6) is 0 Å². The van der Waals surface area contributed by atoms with Gasteiger partial charge in [0.2, 0.25) is 0 Å². The Bertz CT molecular complexity index is 511. The average Bonchev–Trinajstić information content (AvgIpc) is 2.81. The molecule has 0 fully saturated rings. The second-order valence-electron chi connectivity index (χ2n) is 5.12. The molecule has 5 heteroatoms. The van der Waals surface area contributed by atoms with Crippen LogP contribution in [-0.2, 0) is 17.6 Å². The highest BCUT2D eigenvalue weighted by atomic mass is 35.5. The molecule has 1 aliphatic heterocycles. The number of hydrogen-bond acceptors (Lipinski definition) is 3. The number of benzene rings is 1. The molecule has 1 aromatic carbocycles. The lowest BCUT2D eigenvalue weighted by Crippen LogP contribution is -2.35. The number of ether oxygens (including phenoxy) is 1. The van der Waals surface area contributed by atoms with Crippen molar-refractivity contribution >= 4 is 23.4 Å². The summed E-state index contributed by atoms with van der Waals surface area (Å²) in [5.74, 6) is 0. The van der Waals surface area contributed by atoms with Crippen LogP contribution in [0.1, 0.15) is 43.6 Å². The van der Waals surface area contributed by atoms with Gasteiger partial charge in [-0.1, -0.05) is 43.6 Å². The van der Waals surface area contributed by atoms with Gasteiger partial charge in [0.1, 0.15) is 17.5 Å². The molecule has 0 bridgehead atoms. The Balaban J connectivity index is 2.53. The molecule has 2 atom stereocenters. The fraction of sp³-hybridized carbons (Fsp3) is 0.500. The lowest BCUT2D eigenvalue weighted by Gasteiger charge is -2.35. The van der Waals surface area contributed by atoms with E-state index in [1.54, 1.807) is 11.5 Å². The third kappa shape index (κ3) is 3.01. The van der Waals surface area contributed by atoms with Crippen molar-refractivity contribution in [3.05, 3.63) is 46.2 Å². The summed E-state index contributed by atoms with van der Waals surface area (Å²) in [6.07, 6.45) is 3.51. The molecule has 116 valence electrons. The first-order valence-corrected chi connectivity index (χ1v) is 7.99. The van der Waals surface area contributed by atoms with Crippen LogP contribution in [0, 0.1) is 0 Å². The minimum atomic E-state index is -0.139. The van der Waals surface area contributed by atoms with E-state index in [4.69, 9.17) is 28.1 Å². The molecule has 1 aliphatic rings. The van der Waals surface area contributed by atoms with Gasteiger partial charge in [0.25, 0.3) is 0 Å². The number of rotatable bonds is 5. The summed E-state index contributed by atoms with van der Waals surface area (Å²) in [4.78, 5) is 2.06. The second kappa shape index (κ2) is 6.91. The Hall–Kier alpha value is -0.900. The first-order valence-electron chi connectivity index (χ1n) is 7.28. The Morgan fingerprint density at radius 2 is 1.81 bits per heavy atom. The van der Waals surface area contributed by atoms with Crippen LogP contribution in [0.4, 0.5) is 0 Å². The highest BCUT2D eigenvalue weighted by molar-refractivity contribution is 6.33. The van der Waals surface area contributed by atoms with Crippen LogP contribution in [0.25, 0.3) is 0 Å². The molecule has 0 aliphatic carbocycles. The van der Waals surface area contributed by atoms with E-state index in [9.17, 15) is 0 Å². The van der Waals surface area contributed by atoms with E-state index in [2.05, 4.69) is 36.9 Å². The first kappa shape index (κ1) is 16.5. The Labute approximate surface area is 137 Å². The Morgan fingerprint density at radius 1 is 1.24 bits per heavy atom. The molecule has 0 radical (unpaired) electrons. The highest BCUT2D eigenvalue weighted by Gasteiger charge is 2.36. The number of nitrogens with zero attached hydrogens (tertiary/aromatic N) is 2. The van der Waals surface area contributed by atoms with E-state index in [0.29, 0.717) is 5.16 Å². The molecule has 2 unspecified atom stereocenters. The molecule has 0 saturated heterocycles. The van der Waals surface area contributed by atoms with Crippen LogP contribution in [0.2, 0.25) is 0 Å². The molecule has 0 aromatic heterocycles. The van der Waals surface area contributed by atoms with Gasteiger partial charge in [-0.05, 0) is 30.9 Å². The van der Waals surface area contributed by atoms with Gasteiger partial charge < -0.3 is 9.64 Å². The normalized spacial score (nSPS) is 19.9. The SMILES string of the molecule is CCc1cccc(CC)c1C1N(Cl)C(Cl)=CN1C(C)OC. The van der Waals surface area contributed by atoms with Crippen molar-refractivity contribution < 1.29 is 4.74 Å². The first-order chi connectivity index (χ1) is 10.0. The van der Waals surface area contributed by atoms with Crippen LogP contribution in [-0.4, -0.2) is 22.7 Å². The average molecular weight is 329 g/mol. The molecule has 3 nitrogen and oxygen atoms in total. The van der Waals surface area contributed by atoms with Crippen molar-refractivity contribution in [2.45, 2.75) is 46.0 Å². The zero-order chi connectivity index (χ0) is 15.6. The van der Waals surface area contributed by atoms with Crippen molar-refractivity contribution in [3.8, 4) is 0 Å². The monoisotopic (exact) mass is 328 g/mol. The fourth-order valence-corrected chi connectivity index (χ4v) is 3.23. The molecule has 2 rings (SSSR count). The summed E-state index contributed by atoms with van der Waals surface area (Å²) < 4.78 is 7.05. The molecule has 0 amide bonds. The fourth-order valence-electron chi connectivity index (χ4n) is 2.79. The van der Waals surface area contributed by atoms with Gasteiger partial charge in [-0.3, -0.25) is 0 Å². The maximum Gasteiger partial charge on any atom is 0.146 e. The lowest BCUT2D eigenvalue weighted by molar-refractivity contribution is -0.0224. The predicted octanol–water partition coefficient (Wildman–Crippen LogP) is 4.61. The van der Waals surface area contributed by atoms with Crippen LogP contribution >= 0.6 is 23.4 Å². The second-order valence-corrected chi connectivity index (χ2v) is 5.87. The van der Waals surface area contributed by atoms with Gasteiger partial charge >= 0.3 is 0 Å². The van der Waals surface area contributed by atoms with Crippen molar-refractivity contribution in [2.75, 3.05) is 7.11 Å². The molecule has 0 spiro atoms. The molecule has 1 aromatic rings. The molecular weight excluding hydrogens is 307 g/mol. The molecule has 21 heavy (non-hydrogen) atoms. The Morgan fingerprint density at radius 3 is 2.29 bits per heavy atom. The standard InChI is InChI=1S/C16H22Cl2N2O/c1-5-12-8-7-9-13(6-2)15(12)16-19(11(3)21-4)10-14(17)20(16)18/h7-11,16H,5-6H2,1-4H3. The van der Waals surface area contributed by atoms with Crippen LogP contribution in [0.3, 0.4) is 0 Å². The maximum atomic E-state index is 6.45.